The molecule has 4 heteroatoms. The molecule has 4 nitrogen and oxygen atoms in total. The van der Waals surface area contributed by atoms with Gasteiger partial charge in [0, 0.05) is 24.7 Å². The Kier molecular flexibility index (Phi) is 3.08. The van der Waals surface area contributed by atoms with Gasteiger partial charge in [0.1, 0.15) is 0 Å². The molecule has 0 saturated carbocycles. The summed E-state index contributed by atoms with van der Waals surface area (Å²) in [4.78, 5) is 10.8. The van der Waals surface area contributed by atoms with Gasteiger partial charge < -0.3 is 10.4 Å². The van der Waals surface area contributed by atoms with Gasteiger partial charge in [-0.3, -0.25) is 0 Å². The number of nitrogens with one attached hydrogen (secondary N) is 1. The maximum absolute atomic E-state index is 10.8. The summed E-state index contributed by atoms with van der Waals surface area (Å²) < 4.78 is 0. The Labute approximate surface area is 81.8 Å². The van der Waals surface area contributed by atoms with Gasteiger partial charge in [0.15, 0.2) is 0 Å². The molecule has 0 aliphatic heterocycles. The van der Waals surface area contributed by atoms with E-state index in [4.69, 9.17) is 10.4 Å². The normalized spacial score (nSPS) is 15.6. The topological polar surface area (TPSA) is 73.1 Å². The van der Waals surface area contributed by atoms with Gasteiger partial charge in [-0.15, -0.1) is 0 Å². The van der Waals surface area contributed by atoms with Gasteiger partial charge >= 0.3 is 5.97 Å². The molecule has 1 aliphatic carbocycles. The van der Waals surface area contributed by atoms with E-state index in [9.17, 15) is 4.79 Å². The zero-order chi connectivity index (χ0) is 10.6. The molecule has 0 atom stereocenters. The Morgan fingerprint density at radius 2 is 2.36 bits per heavy atom. The third-order valence-corrected chi connectivity index (χ3v) is 1.91. The first-order chi connectivity index (χ1) is 6.69. The average molecular weight is 190 g/mol. The first-order valence-electron chi connectivity index (χ1n) is 4.11. The monoisotopic (exact) mass is 190 g/mol. The van der Waals surface area contributed by atoms with Gasteiger partial charge in [0.05, 0.1) is 11.6 Å². The molecule has 0 aromatic heterocycles. The highest BCUT2D eigenvalue weighted by Gasteiger charge is 2.13. The van der Waals surface area contributed by atoms with Crippen molar-refractivity contribution in [1.82, 2.24) is 5.32 Å². The molecule has 0 amide bonds. The van der Waals surface area contributed by atoms with Crippen LogP contribution in [0.3, 0.4) is 0 Å². The van der Waals surface area contributed by atoms with Crippen molar-refractivity contribution in [1.29, 1.82) is 5.26 Å². The molecule has 0 aromatic carbocycles. The predicted molar refractivity (Wildman–Crippen MR) is 51.2 cm³/mol. The molecule has 0 saturated heterocycles. The van der Waals surface area contributed by atoms with Gasteiger partial charge in [0.25, 0.3) is 0 Å². The molecule has 0 aromatic rings. The summed E-state index contributed by atoms with van der Waals surface area (Å²) in [5.41, 5.74) is 1.27. The number of hydrogen-bond donors (Lipinski definition) is 2. The lowest BCUT2D eigenvalue weighted by Crippen LogP contribution is -2.14. The highest BCUT2D eigenvalue weighted by atomic mass is 16.4. The number of likely N-dealkylation sites (N-methyl/N-ethyl adjacent to an activating group) is 1. The number of nitrogens with zero attached hydrogens (tertiary/aromatic N) is 1. The van der Waals surface area contributed by atoms with Crippen molar-refractivity contribution < 1.29 is 9.90 Å². The zero-order valence-electron chi connectivity index (χ0n) is 7.74. The highest BCUT2D eigenvalue weighted by Crippen LogP contribution is 2.15. The van der Waals surface area contributed by atoms with Crippen molar-refractivity contribution in [2.45, 2.75) is 6.42 Å². The maximum Gasteiger partial charge on any atom is 0.337 e. The van der Waals surface area contributed by atoms with Gasteiger partial charge in [0.2, 0.25) is 0 Å². The molecule has 0 radical (unpaired) electrons. The summed E-state index contributed by atoms with van der Waals surface area (Å²) in [5, 5.41) is 20.3. The lowest BCUT2D eigenvalue weighted by molar-refractivity contribution is -0.132. The fourth-order valence-corrected chi connectivity index (χ4v) is 1.17. The number of aliphatic carboxylic acids is 1. The summed E-state index contributed by atoms with van der Waals surface area (Å²) in [5.74, 6) is -0.988. The second-order valence-electron chi connectivity index (χ2n) is 2.76. The Hall–Kier alpha value is -2.02. The molecule has 1 aliphatic rings. The number of nitriles is 1. The van der Waals surface area contributed by atoms with Crippen LogP contribution in [0.4, 0.5) is 0 Å². The van der Waals surface area contributed by atoms with Crippen LogP contribution in [0.15, 0.2) is 35.1 Å². The van der Waals surface area contributed by atoms with Crippen molar-refractivity contribution in [3.8, 4) is 6.07 Å². The van der Waals surface area contributed by atoms with Gasteiger partial charge in [-0.25, -0.2) is 4.79 Å². The van der Waals surface area contributed by atoms with E-state index in [1.165, 1.54) is 6.08 Å². The number of carbonyl (C=O) groups is 1. The predicted octanol–water partition coefficient (Wildman–Crippen LogP) is 0.954. The van der Waals surface area contributed by atoms with E-state index in [-0.39, 0.29) is 5.57 Å². The molecular formula is C10H10N2O2. The maximum atomic E-state index is 10.8. The summed E-state index contributed by atoms with van der Waals surface area (Å²) in [6.07, 6.45) is 5.12. The quantitative estimate of drug-likeness (QED) is 0.680. The fourth-order valence-electron chi connectivity index (χ4n) is 1.17. The molecule has 14 heavy (non-hydrogen) atoms. The van der Waals surface area contributed by atoms with Crippen molar-refractivity contribution in [2.24, 2.45) is 0 Å². The largest absolute Gasteiger partial charge is 0.478 e. The minimum atomic E-state index is -0.988. The highest BCUT2D eigenvalue weighted by molar-refractivity contribution is 5.91. The number of rotatable bonds is 2. The van der Waals surface area contributed by atoms with Crippen LogP contribution < -0.4 is 5.32 Å². The second kappa shape index (κ2) is 4.28. The third kappa shape index (κ3) is 2.02. The van der Waals surface area contributed by atoms with Crippen LogP contribution >= 0.6 is 0 Å². The first kappa shape index (κ1) is 10.1. The van der Waals surface area contributed by atoms with E-state index in [1.54, 1.807) is 19.2 Å². The number of carboxylic acids is 1. The zero-order valence-corrected chi connectivity index (χ0v) is 7.74. The van der Waals surface area contributed by atoms with E-state index in [0.29, 0.717) is 17.7 Å². The Morgan fingerprint density at radius 3 is 2.86 bits per heavy atom. The van der Waals surface area contributed by atoms with Crippen molar-refractivity contribution in [3.63, 3.8) is 0 Å². The molecule has 0 bridgehead atoms. The van der Waals surface area contributed by atoms with E-state index in [1.807, 2.05) is 6.07 Å². The van der Waals surface area contributed by atoms with Crippen LogP contribution in [0.1, 0.15) is 6.42 Å². The van der Waals surface area contributed by atoms with Gasteiger partial charge in [-0.05, 0) is 12.2 Å². The Bertz CT molecular complexity index is 383. The van der Waals surface area contributed by atoms with Gasteiger partial charge in [-0.1, -0.05) is 6.08 Å². The Balaban J connectivity index is 3.08. The van der Waals surface area contributed by atoms with Gasteiger partial charge in [-0.2, -0.15) is 5.26 Å². The van der Waals surface area contributed by atoms with Crippen LogP contribution in [0.25, 0.3) is 0 Å². The first-order valence-corrected chi connectivity index (χ1v) is 4.11. The van der Waals surface area contributed by atoms with Crippen molar-refractivity contribution >= 4 is 5.97 Å². The lowest BCUT2D eigenvalue weighted by atomic mass is 10.1. The third-order valence-electron chi connectivity index (χ3n) is 1.91. The Morgan fingerprint density at radius 1 is 1.64 bits per heavy atom. The van der Waals surface area contributed by atoms with Crippen molar-refractivity contribution in [2.75, 3.05) is 7.05 Å². The van der Waals surface area contributed by atoms with Crippen LogP contribution in [0.5, 0.6) is 0 Å². The molecule has 2 N–H and O–H groups in total. The van der Waals surface area contributed by atoms with E-state index < -0.39 is 5.97 Å². The summed E-state index contributed by atoms with van der Waals surface area (Å²) in [6, 6.07) is 2.00. The number of hydrogen-bond acceptors (Lipinski definition) is 3. The summed E-state index contributed by atoms with van der Waals surface area (Å²) in [7, 11) is 1.65. The van der Waals surface area contributed by atoms with Crippen molar-refractivity contribution in [3.05, 3.63) is 35.1 Å². The number of carboxylic acid groups (broad SMARTS) is 1. The fraction of sp³-hybridized carbons (Fsp3) is 0.200. The van der Waals surface area contributed by atoms with E-state index >= 15 is 0 Å². The smallest absolute Gasteiger partial charge is 0.337 e. The van der Waals surface area contributed by atoms with Crippen LogP contribution in [-0.4, -0.2) is 18.1 Å². The molecule has 0 fully saturated rings. The molecule has 0 heterocycles. The lowest BCUT2D eigenvalue weighted by Gasteiger charge is -2.04. The molecule has 1 rings (SSSR count). The van der Waals surface area contributed by atoms with E-state index in [2.05, 4.69) is 5.32 Å². The minimum absolute atomic E-state index is 0.203. The van der Waals surface area contributed by atoms with Crippen LogP contribution in [0, 0.1) is 11.3 Å². The van der Waals surface area contributed by atoms with Crippen LogP contribution in [-0.2, 0) is 4.79 Å². The summed E-state index contributed by atoms with van der Waals surface area (Å²) >= 11 is 0. The minimum Gasteiger partial charge on any atom is -0.478 e. The van der Waals surface area contributed by atoms with E-state index in [0.717, 1.165) is 0 Å². The molecule has 0 spiro atoms. The second-order valence-corrected chi connectivity index (χ2v) is 2.76. The van der Waals surface area contributed by atoms with Crippen LogP contribution in [0.2, 0.25) is 0 Å². The molecular weight excluding hydrogens is 180 g/mol. The SMILES string of the molecule is CNC1=CC=C(C#N)CC=C1C(=O)O. The summed E-state index contributed by atoms with van der Waals surface area (Å²) in [6.45, 7) is 0. The molecule has 0 unspecified atom stereocenters. The molecule has 72 valence electrons. The standard InChI is InChI=1S/C10H10N2O2/c1-12-9-5-3-7(6-11)2-4-8(9)10(13)14/h3-5,12H,2H2,1H3,(H,13,14). The number of allylic oxidation sites excluding steroid dienone is 4. The average Bonchev–Trinajstić information content (AvgIpc) is 2.38.